The van der Waals surface area contributed by atoms with Crippen LogP contribution in [0.1, 0.15) is 17.4 Å². The maximum absolute atomic E-state index is 14.3. The van der Waals surface area contributed by atoms with Gasteiger partial charge in [-0.1, -0.05) is 0 Å². The highest BCUT2D eigenvalue weighted by atomic mass is 32.2. The maximum atomic E-state index is 14.3. The number of sulfonamides is 1. The summed E-state index contributed by atoms with van der Waals surface area (Å²) in [7, 11) is -2.75. The van der Waals surface area contributed by atoms with Crippen LogP contribution in [0, 0.1) is 23.0 Å². The maximum Gasteiger partial charge on any atom is 0.249 e. The number of hydrogen-bond donors (Lipinski definition) is 1. The number of aromatic nitrogens is 2. The summed E-state index contributed by atoms with van der Waals surface area (Å²) in [6.07, 6.45) is 3.19. The fraction of sp³-hybridized carbons (Fsp3) is 0.333. The van der Waals surface area contributed by atoms with E-state index in [0.29, 0.717) is 24.5 Å². The van der Waals surface area contributed by atoms with Crippen molar-refractivity contribution in [2.24, 2.45) is 7.05 Å². The van der Waals surface area contributed by atoms with Crippen LogP contribution >= 0.6 is 0 Å². The lowest BCUT2D eigenvalue weighted by atomic mass is 10.2. The Labute approximate surface area is 143 Å². The number of nitrogens with one attached hydrogen (secondary N) is 1. The molecule has 1 unspecified atom stereocenters. The molecule has 1 aromatic carbocycles. The largest absolute Gasteiger partial charge is 0.337 e. The van der Waals surface area contributed by atoms with E-state index < -0.39 is 32.6 Å². The van der Waals surface area contributed by atoms with Gasteiger partial charge < -0.3 is 9.88 Å². The summed E-state index contributed by atoms with van der Waals surface area (Å²) < 4.78 is 57.1. The molecule has 2 heterocycles. The van der Waals surface area contributed by atoms with E-state index in [2.05, 4.69) is 10.3 Å². The number of aryl methyl sites for hydroxylation is 1. The Morgan fingerprint density at radius 3 is 2.60 bits per heavy atom. The number of nitrogens with zero attached hydrogens (tertiary/aromatic N) is 4. The van der Waals surface area contributed by atoms with E-state index >= 15 is 0 Å². The third-order valence-electron chi connectivity index (χ3n) is 4.04. The van der Waals surface area contributed by atoms with Crippen LogP contribution in [-0.4, -0.2) is 41.9 Å². The Kier molecular flexibility index (Phi) is 4.55. The molecular weight excluding hydrogens is 352 g/mol. The van der Waals surface area contributed by atoms with Gasteiger partial charge in [-0.25, -0.2) is 22.2 Å². The molecule has 0 amide bonds. The second kappa shape index (κ2) is 6.51. The minimum absolute atomic E-state index is 0.0404. The van der Waals surface area contributed by atoms with Crippen molar-refractivity contribution in [2.75, 3.05) is 19.6 Å². The van der Waals surface area contributed by atoms with E-state index in [1.165, 1.54) is 6.20 Å². The second-order valence-corrected chi connectivity index (χ2v) is 7.44. The van der Waals surface area contributed by atoms with Crippen LogP contribution < -0.4 is 5.32 Å². The lowest BCUT2D eigenvalue weighted by Gasteiger charge is -2.34. The molecule has 1 aliphatic heterocycles. The molecule has 0 aliphatic carbocycles. The highest BCUT2D eigenvalue weighted by Gasteiger charge is 2.39. The molecular formula is C15H15F2N5O2S. The zero-order valence-corrected chi connectivity index (χ0v) is 14.1. The van der Waals surface area contributed by atoms with Gasteiger partial charge in [-0.15, -0.1) is 0 Å². The molecule has 1 saturated heterocycles. The van der Waals surface area contributed by atoms with Crippen LogP contribution in [0.5, 0.6) is 0 Å². The molecule has 10 heteroatoms. The predicted octanol–water partition coefficient (Wildman–Crippen LogP) is 0.905. The summed E-state index contributed by atoms with van der Waals surface area (Å²) in [6, 6.07) is 2.33. The predicted molar refractivity (Wildman–Crippen MR) is 83.8 cm³/mol. The van der Waals surface area contributed by atoms with Crippen molar-refractivity contribution in [3.8, 4) is 6.07 Å². The molecule has 132 valence electrons. The normalized spacial score (nSPS) is 18.9. The molecule has 1 N–H and O–H groups in total. The number of imidazole rings is 1. The second-order valence-electron chi connectivity index (χ2n) is 5.61. The van der Waals surface area contributed by atoms with Gasteiger partial charge in [0.2, 0.25) is 10.0 Å². The first kappa shape index (κ1) is 17.5. The van der Waals surface area contributed by atoms with Crippen molar-refractivity contribution in [1.29, 1.82) is 5.26 Å². The van der Waals surface area contributed by atoms with Crippen molar-refractivity contribution in [2.45, 2.75) is 10.9 Å². The van der Waals surface area contributed by atoms with E-state index in [-0.39, 0.29) is 18.7 Å². The number of benzene rings is 1. The summed E-state index contributed by atoms with van der Waals surface area (Å²) in [5.74, 6) is -2.10. The molecule has 0 bridgehead atoms. The minimum atomic E-state index is -4.46. The molecule has 3 rings (SSSR count). The van der Waals surface area contributed by atoms with Crippen LogP contribution in [0.3, 0.4) is 0 Å². The average Bonchev–Trinajstić information content (AvgIpc) is 2.99. The fourth-order valence-electron chi connectivity index (χ4n) is 2.88. The van der Waals surface area contributed by atoms with Crippen molar-refractivity contribution in [1.82, 2.24) is 19.2 Å². The van der Waals surface area contributed by atoms with E-state index in [0.717, 1.165) is 4.31 Å². The van der Waals surface area contributed by atoms with Gasteiger partial charge in [-0.05, 0) is 12.1 Å². The lowest BCUT2D eigenvalue weighted by Crippen LogP contribution is -2.49. The van der Waals surface area contributed by atoms with Gasteiger partial charge in [0.25, 0.3) is 0 Å². The van der Waals surface area contributed by atoms with Gasteiger partial charge >= 0.3 is 0 Å². The van der Waals surface area contributed by atoms with Gasteiger partial charge in [0.1, 0.15) is 17.5 Å². The Balaban J connectivity index is 2.10. The Bertz CT molecular complexity index is 928. The van der Waals surface area contributed by atoms with Gasteiger partial charge in [0, 0.05) is 39.1 Å². The van der Waals surface area contributed by atoms with Crippen molar-refractivity contribution < 1.29 is 17.2 Å². The number of nitriles is 1. The van der Waals surface area contributed by atoms with Gasteiger partial charge in [0.05, 0.1) is 17.7 Å². The summed E-state index contributed by atoms with van der Waals surface area (Å²) >= 11 is 0. The molecule has 7 nitrogen and oxygen atoms in total. The summed E-state index contributed by atoms with van der Waals surface area (Å²) in [5.41, 5.74) is -0.282. The molecule has 2 aromatic rings. The van der Waals surface area contributed by atoms with Gasteiger partial charge in [0.15, 0.2) is 4.90 Å². The van der Waals surface area contributed by atoms with Crippen LogP contribution in [-0.2, 0) is 17.1 Å². The van der Waals surface area contributed by atoms with Crippen molar-refractivity contribution >= 4 is 10.0 Å². The third-order valence-corrected chi connectivity index (χ3v) is 6.01. The zero-order valence-electron chi connectivity index (χ0n) is 13.3. The summed E-state index contributed by atoms with van der Waals surface area (Å²) in [6.45, 7) is 0.655. The van der Waals surface area contributed by atoms with Crippen LogP contribution in [0.4, 0.5) is 8.78 Å². The number of hydrogen-bond acceptors (Lipinski definition) is 5. The molecule has 1 aliphatic rings. The highest BCUT2D eigenvalue weighted by molar-refractivity contribution is 7.89. The monoisotopic (exact) mass is 367 g/mol. The minimum Gasteiger partial charge on any atom is -0.337 e. The number of halogens is 2. The molecule has 0 spiro atoms. The first-order valence-electron chi connectivity index (χ1n) is 7.45. The molecule has 1 atom stereocenters. The molecule has 1 fully saturated rings. The topological polar surface area (TPSA) is 91.0 Å². The van der Waals surface area contributed by atoms with E-state index in [1.807, 2.05) is 0 Å². The highest BCUT2D eigenvalue weighted by Crippen LogP contribution is 2.31. The average molecular weight is 367 g/mol. The van der Waals surface area contributed by atoms with E-state index in [9.17, 15) is 17.2 Å². The summed E-state index contributed by atoms with van der Waals surface area (Å²) in [4.78, 5) is 3.11. The summed E-state index contributed by atoms with van der Waals surface area (Å²) in [5, 5.41) is 11.8. The van der Waals surface area contributed by atoms with Gasteiger partial charge in [-0.3, -0.25) is 0 Å². The smallest absolute Gasteiger partial charge is 0.249 e. The van der Waals surface area contributed by atoms with E-state index in [1.54, 1.807) is 23.9 Å². The number of piperazine rings is 1. The van der Waals surface area contributed by atoms with Crippen LogP contribution in [0.15, 0.2) is 29.4 Å². The molecule has 0 saturated carbocycles. The molecule has 25 heavy (non-hydrogen) atoms. The van der Waals surface area contributed by atoms with Gasteiger partial charge in [-0.2, -0.15) is 9.57 Å². The first-order chi connectivity index (χ1) is 11.9. The fourth-order valence-corrected chi connectivity index (χ4v) is 4.56. The molecule has 0 radical (unpaired) electrons. The standard InChI is InChI=1S/C15H15F2N5O2S/c1-21-4-3-20-15(21)13-9-19-2-5-22(13)25(23,24)14-11(16)6-10(8-18)7-12(14)17/h3-4,6-7,13,19H,2,5,9H2,1H3. The quantitative estimate of drug-likeness (QED) is 0.871. The SMILES string of the molecule is Cn1ccnc1C1CNCCN1S(=O)(=O)c1c(F)cc(C#N)cc1F. The van der Waals surface area contributed by atoms with Crippen molar-refractivity contribution in [3.63, 3.8) is 0 Å². The molecule has 1 aromatic heterocycles. The zero-order chi connectivity index (χ0) is 18.2. The lowest BCUT2D eigenvalue weighted by molar-refractivity contribution is 0.256. The number of rotatable bonds is 3. The third kappa shape index (κ3) is 3.02. The Morgan fingerprint density at radius 2 is 2.04 bits per heavy atom. The van der Waals surface area contributed by atoms with E-state index in [4.69, 9.17) is 5.26 Å². The van der Waals surface area contributed by atoms with Crippen LogP contribution in [0.25, 0.3) is 0 Å². The Morgan fingerprint density at radius 1 is 1.36 bits per heavy atom. The first-order valence-corrected chi connectivity index (χ1v) is 8.89. The van der Waals surface area contributed by atoms with Crippen LogP contribution in [0.2, 0.25) is 0 Å². The van der Waals surface area contributed by atoms with Crippen molar-refractivity contribution in [3.05, 3.63) is 47.5 Å². The Hall–Kier alpha value is -2.35.